The van der Waals surface area contributed by atoms with Crippen molar-refractivity contribution in [3.8, 4) is 5.75 Å². The average molecular weight is 299 g/mol. The number of halogens is 1. The van der Waals surface area contributed by atoms with Gasteiger partial charge < -0.3 is 4.74 Å². The van der Waals surface area contributed by atoms with Crippen LogP contribution in [0.4, 0.5) is 0 Å². The molecular weight excluding hydrogens is 276 g/mol. The van der Waals surface area contributed by atoms with Gasteiger partial charge in [-0.2, -0.15) is 0 Å². The molecular formula is C15H23BrO. The Morgan fingerprint density at radius 3 is 2.47 bits per heavy atom. The highest BCUT2D eigenvalue weighted by Gasteiger charge is 2.15. The van der Waals surface area contributed by atoms with Crippen LogP contribution in [0.3, 0.4) is 0 Å². The molecule has 0 unspecified atom stereocenters. The second kappa shape index (κ2) is 6.44. The molecule has 0 amide bonds. The molecule has 17 heavy (non-hydrogen) atoms. The van der Waals surface area contributed by atoms with Gasteiger partial charge in [0.2, 0.25) is 0 Å². The van der Waals surface area contributed by atoms with E-state index in [9.17, 15) is 0 Å². The van der Waals surface area contributed by atoms with Crippen LogP contribution in [0.2, 0.25) is 0 Å². The molecule has 0 atom stereocenters. The SMILES string of the molecule is CCOc1ccc(C(C)(C)C)cc1CCCBr. The Labute approximate surface area is 114 Å². The molecule has 1 aromatic rings. The fourth-order valence-corrected chi connectivity index (χ4v) is 2.08. The van der Waals surface area contributed by atoms with Crippen molar-refractivity contribution in [2.75, 3.05) is 11.9 Å². The molecule has 0 aliphatic heterocycles. The van der Waals surface area contributed by atoms with E-state index in [1.165, 1.54) is 11.1 Å². The zero-order chi connectivity index (χ0) is 12.9. The summed E-state index contributed by atoms with van der Waals surface area (Å²) in [4.78, 5) is 0. The van der Waals surface area contributed by atoms with Gasteiger partial charge in [0.15, 0.2) is 0 Å². The number of hydrogen-bond acceptors (Lipinski definition) is 1. The van der Waals surface area contributed by atoms with E-state index in [0.717, 1.165) is 30.5 Å². The quantitative estimate of drug-likeness (QED) is 0.715. The number of aryl methyl sites for hydroxylation is 1. The predicted octanol–water partition coefficient (Wildman–Crippen LogP) is 4.71. The zero-order valence-corrected chi connectivity index (χ0v) is 12.9. The molecule has 0 bridgehead atoms. The summed E-state index contributed by atoms with van der Waals surface area (Å²) in [6.07, 6.45) is 2.22. The van der Waals surface area contributed by atoms with Crippen LogP contribution in [-0.2, 0) is 11.8 Å². The molecule has 1 nitrogen and oxygen atoms in total. The van der Waals surface area contributed by atoms with Crippen LogP contribution in [0.15, 0.2) is 18.2 Å². The van der Waals surface area contributed by atoms with Gasteiger partial charge in [0, 0.05) is 5.33 Å². The first kappa shape index (κ1) is 14.6. The maximum absolute atomic E-state index is 5.69. The zero-order valence-electron chi connectivity index (χ0n) is 11.3. The second-order valence-corrected chi connectivity index (χ2v) is 6.09. The van der Waals surface area contributed by atoms with E-state index in [1.807, 2.05) is 6.92 Å². The molecule has 0 aliphatic carbocycles. The van der Waals surface area contributed by atoms with Gasteiger partial charge in [0.1, 0.15) is 5.75 Å². The minimum Gasteiger partial charge on any atom is -0.494 e. The van der Waals surface area contributed by atoms with Crippen molar-refractivity contribution in [2.24, 2.45) is 0 Å². The molecule has 96 valence electrons. The van der Waals surface area contributed by atoms with Crippen molar-refractivity contribution in [3.05, 3.63) is 29.3 Å². The summed E-state index contributed by atoms with van der Waals surface area (Å²) in [6.45, 7) is 9.51. The van der Waals surface area contributed by atoms with Gasteiger partial charge in [0.25, 0.3) is 0 Å². The number of benzene rings is 1. The average Bonchev–Trinajstić information content (AvgIpc) is 2.26. The number of ether oxygens (including phenoxy) is 1. The van der Waals surface area contributed by atoms with Gasteiger partial charge in [0.05, 0.1) is 6.61 Å². The van der Waals surface area contributed by atoms with E-state index < -0.39 is 0 Å². The third-order valence-corrected chi connectivity index (χ3v) is 3.37. The van der Waals surface area contributed by atoms with Gasteiger partial charge in [-0.3, -0.25) is 0 Å². The lowest BCUT2D eigenvalue weighted by Crippen LogP contribution is -2.12. The summed E-state index contributed by atoms with van der Waals surface area (Å²) in [5, 5.41) is 1.04. The molecule has 0 fully saturated rings. The van der Waals surface area contributed by atoms with Crippen LogP contribution in [-0.4, -0.2) is 11.9 Å². The normalized spacial score (nSPS) is 11.6. The molecule has 1 rings (SSSR count). The first-order valence-electron chi connectivity index (χ1n) is 6.31. The third kappa shape index (κ3) is 4.34. The molecule has 1 aromatic carbocycles. The minimum absolute atomic E-state index is 0.202. The smallest absolute Gasteiger partial charge is 0.122 e. The molecule has 0 spiro atoms. The summed E-state index contributed by atoms with van der Waals surface area (Å²) in [7, 11) is 0. The van der Waals surface area contributed by atoms with Crippen molar-refractivity contribution in [2.45, 2.75) is 46.0 Å². The Morgan fingerprint density at radius 2 is 1.94 bits per heavy atom. The lowest BCUT2D eigenvalue weighted by Gasteiger charge is -2.21. The van der Waals surface area contributed by atoms with Crippen molar-refractivity contribution in [3.63, 3.8) is 0 Å². The van der Waals surface area contributed by atoms with Crippen molar-refractivity contribution < 1.29 is 4.74 Å². The third-order valence-electron chi connectivity index (χ3n) is 2.81. The lowest BCUT2D eigenvalue weighted by atomic mass is 9.85. The van der Waals surface area contributed by atoms with Crippen LogP contribution in [0.1, 0.15) is 45.2 Å². The Kier molecular flexibility index (Phi) is 5.51. The summed E-state index contributed by atoms with van der Waals surface area (Å²) >= 11 is 3.49. The van der Waals surface area contributed by atoms with Crippen LogP contribution < -0.4 is 4.74 Å². The molecule has 0 aromatic heterocycles. The van der Waals surface area contributed by atoms with Gasteiger partial charge in [-0.05, 0) is 42.4 Å². The maximum Gasteiger partial charge on any atom is 0.122 e. The maximum atomic E-state index is 5.69. The molecule has 0 saturated heterocycles. The second-order valence-electron chi connectivity index (χ2n) is 5.30. The monoisotopic (exact) mass is 298 g/mol. The van der Waals surface area contributed by atoms with E-state index in [2.05, 4.69) is 54.9 Å². The van der Waals surface area contributed by atoms with E-state index in [0.29, 0.717) is 0 Å². The first-order chi connectivity index (χ1) is 7.99. The van der Waals surface area contributed by atoms with Gasteiger partial charge in [-0.15, -0.1) is 0 Å². The van der Waals surface area contributed by atoms with E-state index >= 15 is 0 Å². The van der Waals surface area contributed by atoms with E-state index in [4.69, 9.17) is 4.74 Å². The van der Waals surface area contributed by atoms with Gasteiger partial charge in [-0.25, -0.2) is 0 Å². The molecule has 0 aliphatic rings. The highest BCUT2D eigenvalue weighted by Crippen LogP contribution is 2.29. The van der Waals surface area contributed by atoms with Crippen LogP contribution in [0.5, 0.6) is 5.75 Å². The van der Waals surface area contributed by atoms with Crippen LogP contribution >= 0.6 is 15.9 Å². The number of rotatable bonds is 5. The topological polar surface area (TPSA) is 9.23 Å². The van der Waals surface area contributed by atoms with Crippen molar-refractivity contribution in [1.82, 2.24) is 0 Å². The Hall–Kier alpha value is -0.500. The predicted molar refractivity (Wildman–Crippen MR) is 78.4 cm³/mol. The fourth-order valence-electron chi connectivity index (χ4n) is 1.79. The number of hydrogen-bond donors (Lipinski definition) is 0. The summed E-state index contributed by atoms with van der Waals surface area (Å²) in [6, 6.07) is 6.60. The van der Waals surface area contributed by atoms with Crippen molar-refractivity contribution in [1.29, 1.82) is 0 Å². The summed E-state index contributed by atoms with van der Waals surface area (Å²) in [5.74, 6) is 1.04. The van der Waals surface area contributed by atoms with Gasteiger partial charge >= 0.3 is 0 Å². The minimum atomic E-state index is 0.202. The number of alkyl halides is 1. The van der Waals surface area contributed by atoms with Crippen molar-refractivity contribution >= 4 is 15.9 Å². The molecule has 0 radical (unpaired) electrons. The lowest BCUT2D eigenvalue weighted by molar-refractivity contribution is 0.336. The fraction of sp³-hybridized carbons (Fsp3) is 0.600. The van der Waals surface area contributed by atoms with E-state index in [1.54, 1.807) is 0 Å². The molecule has 0 heterocycles. The standard InChI is InChI=1S/C15H23BrO/c1-5-17-14-9-8-13(15(2,3)4)11-12(14)7-6-10-16/h8-9,11H,5-7,10H2,1-4H3. The Balaban J connectivity index is 3.01. The Morgan fingerprint density at radius 1 is 1.24 bits per heavy atom. The van der Waals surface area contributed by atoms with Gasteiger partial charge in [-0.1, -0.05) is 48.8 Å². The summed E-state index contributed by atoms with van der Waals surface area (Å²) < 4.78 is 5.69. The molecule has 0 N–H and O–H groups in total. The van der Waals surface area contributed by atoms with E-state index in [-0.39, 0.29) is 5.41 Å². The summed E-state index contributed by atoms with van der Waals surface area (Å²) in [5.41, 5.74) is 2.91. The van der Waals surface area contributed by atoms with Crippen LogP contribution in [0, 0.1) is 0 Å². The Bertz CT molecular complexity index is 352. The molecule has 2 heteroatoms. The highest BCUT2D eigenvalue weighted by molar-refractivity contribution is 9.09. The molecule has 0 saturated carbocycles. The largest absolute Gasteiger partial charge is 0.494 e. The van der Waals surface area contributed by atoms with Crippen LogP contribution in [0.25, 0.3) is 0 Å². The highest BCUT2D eigenvalue weighted by atomic mass is 79.9. The first-order valence-corrected chi connectivity index (χ1v) is 7.43.